The maximum Gasteiger partial charge on any atom is 0.146 e. The molecule has 0 aliphatic carbocycles. The summed E-state index contributed by atoms with van der Waals surface area (Å²) in [6.07, 6.45) is 12.6. The summed E-state index contributed by atoms with van der Waals surface area (Å²) in [6, 6.07) is 26.6. The molecule has 0 radical (unpaired) electrons. The van der Waals surface area contributed by atoms with Crippen molar-refractivity contribution in [3.63, 3.8) is 0 Å². The Morgan fingerprint density at radius 1 is 0.657 bits per heavy atom. The molecule has 174 valence electrons. The molecular weight excluding hydrogens is 427 g/mol. The van der Waals surface area contributed by atoms with Crippen LogP contribution in [0.1, 0.15) is 48.9 Å². The van der Waals surface area contributed by atoms with Gasteiger partial charge in [-0.25, -0.2) is 4.39 Å². The first-order valence-electron chi connectivity index (χ1n) is 12.3. The van der Waals surface area contributed by atoms with Gasteiger partial charge in [-0.3, -0.25) is 0 Å². The van der Waals surface area contributed by atoms with Gasteiger partial charge in [-0.05, 0) is 85.4 Å². The number of halogens is 1. The first kappa shape index (κ1) is 24.2. The SMILES string of the molecule is C/C=C/CCc1ccc(-c2ccc(C#Cc3ccc4cc(CC/C=C/C)ccc4c3F)cc2)cc1. The highest BCUT2D eigenvalue weighted by Crippen LogP contribution is 2.24. The monoisotopic (exact) mass is 458 g/mol. The number of fused-ring (bicyclic) bond motifs is 1. The molecule has 4 aromatic carbocycles. The molecule has 4 rings (SSSR count). The summed E-state index contributed by atoms with van der Waals surface area (Å²) < 4.78 is 15.1. The summed E-state index contributed by atoms with van der Waals surface area (Å²) in [5.41, 5.74) is 6.20. The average molecular weight is 459 g/mol. The largest absolute Gasteiger partial charge is 0.205 e. The van der Waals surface area contributed by atoms with Crippen molar-refractivity contribution >= 4 is 10.8 Å². The zero-order chi connectivity index (χ0) is 24.5. The number of hydrogen-bond acceptors (Lipinski definition) is 0. The summed E-state index contributed by atoms with van der Waals surface area (Å²) in [7, 11) is 0. The van der Waals surface area contributed by atoms with Crippen LogP contribution >= 0.6 is 0 Å². The Bertz CT molecular complexity index is 1390. The summed E-state index contributed by atoms with van der Waals surface area (Å²) in [5, 5.41) is 1.54. The van der Waals surface area contributed by atoms with Crippen LogP contribution in [0.4, 0.5) is 4.39 Å². The van der Waals surface area contributed by atoms with E-state index in [1.807, 2.05) is 37.3 Å². The predicted molar refractivity (Wildman–Crippen MR) is 148 cm³/mol. The van der Waals surface area contributed by atoms with Gasteiger partial charge in [-0.1, -0.05) is 96.8 Å². The van der Waals surface area contributed by atoms with Gasteiger partial charge in [0.15, 0.2) is 0 Å². The molecular formula is C34H31F. The fraction of sp³-hybridized carbons (Fsp3) is 0.176. The maximum absolute atomic E-state index is 15.1. The minimum absolute atomic E-state index is 0.249. The molecule has 0 fully saturated rings. The van der Waals surface area contributed by atoms with E-state index >= 15 is 4.39 Å². The van der Waals surface area contributed by atoms with E-state index in [0.29, 0.717) is 10.9 Å². The van der Waals surface area contributed by atoms with Gasteiger partial charge in [0.1, 0.15) is 5.82 Å². The number of benzene rings is 4. The Hall–Kier alpha value is -3.89. The molecule has 0 spiro atoms. The van der Waals surface area contributed by atoms with E-state index in [1.165, 1.54) is 16.7 Å². The van der Waals surface area contributed by atoms with Crippen LogP contribution in [0, 0.1) is 17.7 Å². The van der Waals surface area contributed by atoms with Crippen molar-refractivity contribution in [1.82, 2.24) is 0 Å². The molecule has 0 heterocycles. The van der Waals surface area contributed by atoms with Gasteiger partial charge in [0.2, 0.25) is 0 Å². The quantitative estimate of drug-likeness (QED) is 0.191. The van der Waals surface area contributed by atoms with E-state index in [9.17, 15) is 0 Å². The Labute approximate surface area is 208 Å². The van der Waals surface area contributed by atoms with E-state index < -0.39 is 0 Å². The van der Waals surface area contributed by atoms with Crippen LogP contribution in [0.15, 0.2) is 103 Å². The predicted octanol–water partition coefficient (Wildman–Crippen LogP) is 9.06. The molecule has 0 nitrogen and oxygen atoms in total. The molecule has 4 aromatic rings. The third-order valence-electron chi connectivity index (χ3n) is 6.20. The van der Waals surface area contributed by atoms with Crippen molar-refractivity contribution in [2.75, 3.05) is 0 Å². The van der Waals surface area contributed by atoms with Crippen LogP contribution < -0.4 is 0 Å². The maximum atomic E-state index is 15.1. The van der Waals surface area contributed by atoms with Gasteiger partial charge in [0.25, 0.3) is 0 Å². The van der Waals surface area contributed by atoms with E-state index in [1.54, 1.807) is 6.07 Å². The van der Waals surface area contributed by atoms with Crippen LogP contribution in [0.3, 0.4) is 0 Å². The van der Waals surface area contributed by atoms with Crippen LogP contribution in [0.5, 0.6) is 0 Å². The van der Waals surface area contributed by atoms with E-state index in [0.717, 1.165) is 42.2 Å². The van der Waals surface area contributed by atoms with Gasteiger partial charge in [-0.2, -0.15) is 0 Å². The number of rotatable bonds is 7. The molecule has 0 aliphatic rings. The fourth-order valence-corrected chi connectivity index (χ4v) is 4.18. The van der Waals surface area contributed by atoms with E-state index in [2.05, 4.69) is 85.5 Å². The van der Waals surface area contributed by atoms with Gasteiger partial charge < -0.3 is 0 Å². The smallest absolute Gasteiger partial charge is 0.146 e. The first-order valence-corrected chi connectivity index (χ1v) is 12.3. The Kier molecular flexibility index (Phi) is 8.31. The van der Waals surface area contributed by atoms with Gasteiger partial charge in [-0.15, -0.1) is 0 Å². The van der Waals surface area contributed by atoms with Crippen molar-refractivity contribution in [2.24, 2.45) is 0 Å². The molecule has 0 unspecified atom stereocenters. The number of allylic oxidation sites excluding steroid dienone is 4. The zero-order valence-corrected chi connectivity index (χ0v) is 20.5. The van der Waals surface area contributed by atoms with Crippen LogP contribution in [-0.4, -0.2) is 0 Å². The second-order valence-corrected chi connectivity index (χ2v) is 8.72. The molecule has 35 heavy (non-hydrogen) atoms. The highest BCUT2D eigenvalue weighted by atomic mass is 19.1. The summed E-state index contributed by atoms with van der Waals surface area (Å²) >= 11 is 0. The molecule has 1 heteroatoms. The highest BCUT2D eigenvalue weighted by molar-refractivity contribution is 5.85. The summed E-state index contributed by atoms with van der Waals surface area (Å²) in [5.74, 6) is 5.90. The summed E-state index contributed by atoms with van der Waals surface area (Å²) in [4.78, 5) is 0. The molecule has 0 saturated heterocycles. The second-order valence-electron chi connectivity index (χ2n) is 8.72. The topological polar surface area (TPSA) is 0 Å². The van der Waals surface area contributed by atoms with Crippen LogP contribution in [0.2, 0.25) is 0 Å². The third-order valence-corrected chi connectivity index (χ3v) is 6.20. The lowest BCUT2D eigenvalue weighted by Gasteiger charge is -2.05. The average Bonchev–Trinajstić information content (AvgIpc) is 2.89. The standard InChI is InChI=1S/C34H31F/c1-3-5-7-9-26-11-17-29(18-12-26)30-19-13-27(14-20-30)15-21-31-22-23-32-25-28(10-8-6-4-2)16-24-33(32)34(31)35/h3-6,11-14,16-20,22-25H,7-10H2,1-2H3/b5-3+,6-4+. The lowest BCUT2D eigenvalue weighted by molar-refractivity contribution is 0.636. The van der Waals surface area contributed by atoms with Gasteiger partial charge in [0.05, 0.1) is 5.56 Å². The lowest BCUT2D eigenvalue weighted by Crippen LogP contribution is -1.89. The molecule has 0 saturated carbocycles. The minimum Gasteiger partial charge on any atom is -0.205 e. The highest BCUT2D eigenvalue weighted by Gasteiger charge is 2.06. The van der Waals surface area contributed by atoms with Crippen molar-refractivity contribution < 1.29 is 4.39 Å². The number of hydrogen-bond donors (Lipinski definition) is 0. The van der Waals surface area contributed by atoms with Crippen molar-refractivity contribution in [3.8, 4) is 23.0 Å². The third kappa shape index (κ3) is 6.37. The van der Waals surface area contributed by atoms with Gasteiger partial charge in [0, 0.05) is 10.9 Å². The van der Waals surface area contributed by atoms with E-state index in [4.69, 9.17) is 0 Å². The van der Waals surface area contributed by atoms with Gasteiger partial charge >= 0.3 is 0 Å². The van der Waals surface area contributed by atoms with E-state index in [-0.39, 0.29) is 5.82 Å². The molecule has 0 aliphatic heterocycles. The van der Waals surface area contributed by atoms with Crippen molar-refractivity contribution in [2.45, 2.75) is 39.5 Å². The fourth-order valence-electron chi connectivity index (χ4n) is 4.18. The lowest BCUT2D eigenvalue weighted by atomic mass is 10.0. The number of aryl methyl sites for hydroxylation is 2. The Balaban J connectivity index is 1.47. The Morgan fingerprint density at radius 3 is 1.91 bits per heavy atom. The molecule has 0 N–H and O–H groups in total. The van der Waals surface area contributed by atoms with Crippen molar-refractivity contribution in [3.05, 3.63) is 131 Å². The minimum atomic E-state index is -0.249. The molecule has 0 bridgehead atoms. The van der Waals surface area contributed by atoms with Crippen LogP contribution in [0.25, 0.3) is 21.9 Å². The zero-order valence-electron chi connectivity index (χ0n) is 20.5. The second kappa shape index (κ2) is 12.0. The molecule has 0 aromatic heterocycles. The van der Waals surface area contributed by atoms with Crippen molar-refractivity contribution in [1.29, 1.82) is 0 Å². The summed E-state index contributed by atoms with van der Waals surface area (Å²) in [6.45, 7) is 4.08. The van der Waals surface area contributed by atoms with Crippen LogP contribution in [-0.2, 0) is 12.8 Å². The Morgan fingerprint density at radius 2 is 1.26 bits per heavy atom. The first-order chi connectivity index (χ1) is 17.2. The normalized spacial score (nSPS) is 11.3. The molecule has 0 amide bonds. The molecule has 0 atom stereocenters.